The number of methoxy groups -OCH3 is 1. The third kappa shape index (κ3) is 6.34. The van der Waals surface area contributed by atoms with Crippen molar-refractivity contribution in [2.75, 3.05) is 57.9 Å². The van der Waals surface area contributed by atoms with Gasteiger partial charge in [0.15, 0.2) is 5.96 Å². The molecule has 1 aromatic rings. The van der Waals surface area contributed by atoms with Crippen LogP contribution in [0.4, 0.5) is 5.69 Å². The maximum absolute atomic E-state index is 5.26. The fourth-order valence-electron chi connectivity index (χ4n) is 4.38. The molecule has 2 atom stereocenters. The van der Waals surface area contributed by atoms with Crippen molar-refractivity contribution in [3.8, 4) is 0 Å². The highest BCUT2D eigenvalue weighted by Crippen LogP contribution is 2.24. The zero-order valence-corrected chi connectivity index (χ0v) is 18.5. The lowest BCUT2D eigenvalue weighted by Gasteiger charge is -2.24. The Morgan fingerprint density at radius 2 is 2.07 bits per heavy atom. The summed E-state index contributed by atoms with van der Waals surface area (Å²) in [4.78, 5) is 9.92. The van der Waals surface area contributed by atoms with Crippen LogP contribution in [0, 0.1) is 0 Å². The molecule has 2 unspecified atom stereocenters. The fraction of sp³-hybridized carbons (Fsp3) is 0.696. The van der Waals surface area contributed by atoms with Crippen LogP contribution in [0.2, 0.25) is 0 Å². The van der Waals surface area contributed by atoms with E-state index in [9.17, 15) is 0 Å². The first kappa shape index (κ1) is 21.9. The van der Waals surface area contributed by atoms with Gasteiger partial charge in [0.1, 0.15) is 0 Å². The second-order valence-electron chi connectivity index (χ2n) is 8.20. The summed E-state index contributed by atoms with van der Waals surface area (Å²) in [5.41, 5.74) is 2.65. The summed E-state index contributed by atoms with van der Waals surface area (Å²) in [6.07, 6.45) is 5.09. The molecular formula is C23H39N5O. The molecule has 29 heavy (non-hydrogen) atoms. The second kappa shape index (κ2) is 11.4. The van der Waals surface area contributed by atoms with Crippen molar-refractivity contribution in [1.82, 2.24) is 15.5 Å². The molecule has 0 spiro atoms. The summed E-state index contributed by atoms with van der Waals surface area (Å²) in [6.45, 7) is 11.3. The van der Waals surface area contributed by atoms with Crippen LogP contribution in [0.5, 0.6) is 0 Å². The van der Waals surface area contributed by atoms with E-state index in [1.807, 2.05) is 0 Å². The lowest BCUT2D eigenvalue weighted by Crippen LogP contribution is -2.40. The first-order valence-corrected chi connectivity index (χ1v) is 11.3. The van der Waals surface area contributed by atoms with Crippen LogP contribution in [-0.2, 0) is 4.74 Å². The predicted molar refractivity (Wildman–Crippen MR) is 122 cm³/mol. The molecule has 0 bridgehead atoms. The summed E-state index contributed by atoms with van der Waals surface area (Å²) >= 11 is 0. The molecule has 2 fully saturated rings. The molecule has 0 radical (unpaired) electrons. The summed E-state index contributed by atoms with van der Waals surface area (Å²) in [5.74, 6) is 0.908. The number of likely N-dealkylation sites (tertiary alicyclic amines) is 1. The lowest BCUT2D eigenvalue weighted by atomic mass is 10.1. The normalized spacial score (nSPS) is 21.6. The zero-order chi connectivity index (χ0) is 20.5. The van der Waals surface area contributed by atoms with Gasteiger partial charge in [-0.1, -0.05) is 12.1 Å². The number of nitrogens with one attached hydrogen (secondary N) is 2. The van der Waals surface area contributed by atoms with Crippen LogP contribution in [-0.4, -0.2) is 69.9 Å². The maximum Gasteiger partial charge on any atom is 0.191 e. The molecule has 0 amide bonds. The van der Waals surface area contributed by atoms with Crippen LogP contribution < -0.4 is 15.5 Å². The van der Waals surface area contributed by atoms with Gasteiger partial charge < -0.3 is 20.3 Å². The molecule has 2 aliphatic rings. The van der Waals surface area contributed by atoms with E-state index < -0.39 is 0 Å². The van der Waals surface area contributed by atoms with E-state index >= 15 is 0 Å². The molecule has 0 saturated carbocycles. The van der Waals surface area contributed by atoms with Crippen molar-refractivity contribution >= 4 is 11.6 Å². The van der Waals surface area contributed by atoms with Gasteiger partial charge in [-0.25, -0.2) is 0 Å². The first-order valence-electron chi connectivity index (χ1n) is 11.3. The average Bonchev–Trinajstić information content (AvgIpc) is 3.42. The lowest BCUT2D eigenvalue weighted by molar-refractivity contribution is 0.142. The molecular weight excluding hydrogens is 362 g/mol. The van der Waals surface area contributed by atoms with Crippen LogP contribution in [0.25, 0.3) is 0 Å². The van der Waals surface area contributed by atoms with Gasteiger partial charge in [-0.3, -0.25) is 9.89 Å². The first-order chi connectivity index (χ1) is 14.2. The van der Waals surface area contributed by atoms with E-state index in [0.29, 0.717) is 6.04 Å². The molecule has 1 aromatic carbocycles. The highest BCUT2D eigenvalue weighted by molar-refractivity contribution is 5.80. The van der Waals surface area contributed by atoms with Gasteiger partial charge in [0.2, 0.25) is 0 Å². The van der Waals surface area contributed by atoms with Crippen molar-refractivity contribution < 1.29 is 4.74 Å². The molecule has 2 aliphatic heterocycles. The number of hydrogen-bond donors (Lipinski definition) is 2. The van der Waals surface area contributed by atoms with E-state index in [-0.39, 0.29) is 6.04 Å². The van der Waals surface area contributed by atoms with Crippen molar-refractivity contribution in [2.45, 2.75) is 51.6 Å². The summed E-state index contributed by atoms with van der Waals surface area (Å²) in [5, 5.41) is 7.03. The Labute approximate surface area is 176 Å². The number of aliphatic imine (C=N–C) groups is 1. The summed E-state index contributed by atoms with van der Waals surface area (Å²) < 4.78 is 5.26. The maximum atomic E-state index is 5.26. The number of hydrogen-bond acceptors (Lipinski definition) is 4. The molecule has 0 aromatic heterocycles. The standard InChI is InChI=1S/C23H39N5O/c1-4-24-23(25-18-22-11-8-14-28(22)15-16-29-3)26-19(2)20-9-7-10-21(17-20)27-12-5-6-13-27/h7,9-10,17,19,22H,4-6,8,11-16,18H2,1-3H3,(H2,24,25,26). The van der Waals surface area contributed by atoms with Gasteiger partial charge in [0.25, 0.3) is 0 Å². The number of rotatable bonds is 9. The van der Waals surface area contributed by atoms with Gasteiger partial charge in [-0.2, -0.15) is 0 Å². The topological polar surface area (TPSA) is 52.1 Å². The number of benzene rings is 1. The van der Waals surface area contributed by atoms with Crippen LogP contribution in [0.1, 0.15) is 51.1 Å². The third-order valence-electron chi connectivity index (χ3n) is 6.08. The Morgan fingerprint density at radius 3 is 2.83 bits per heavy atom. The number of guanidine groups is 1. The molecule has 6 heteroatoms. The van der Waals surface area contributed by atoms with Gasteiger partial charge in [-0.15, -0.1) is 0 Å². The number of anilines is 1. The molecule has 2 N–H and O–H groups in total. The number of ether oxygens (including phenoxy) is 1. The van der Waals surface area contributed by atoms with E-state index in [1.165, 1.54) is 50.0 Å². The smallest absolute Gasteiger partial charge is 0.191 e. The molecule has 3 rings (SSSR count). The van der Waals surface area contributed by atoms with Crippen molar-refractivity contribution in [1.29, 1.82) is 0 Å². The zero-order valence-electron chi connectivity index (χ0n) is 18.5. The van der Waals surface area contributed by atoms with Crippen molar-refractivity contribution in [2.24, 2.45) is 4.99 Å². The van der Waals surface area contributed by atoms with Crippen molar-refractivity contribution in [3.63, 3.8) is 0 Å². The van der Waals surface area contributed by atoms with Crippen LogP contribution >= 0.6 is 0 Å². The van der Waals surface area contributed by atoms with Crippen LogP contribution in [0.15, 0.2) is 29.3 Å². The SMILES string of the molecule is CCNC(=NCC1CCCN1CCOC)NC(C)c1cccc(N2CCCC2)c1. The van der Waals surface area contributed by atoms with E-state index in [0.717, 1.165) is 38.7 Å². The van der Waals surface area contributed by atoms with E-state index in [1.54, 1.807) is 7.11 Å². The third-order valence-corrected chi connectivity index (χ3v) is 6.08. The van der Waals surface area contributed by atoms with E-state index in [4.69, 9.17) is 9.73 Å². The minimum atomic E-state index is 0.212. The Hall–Kier alpha value is -1.79. The van der Waals surface area contributed by atoms with Crippen molar-refractivity contribution in [3.05, 3.63) is 29.8 Å². The monoisotopic (exact) mass is 401 g/mol. The molecule has 6 nitrogen and oxygen atoms in total. The summed E-state index contributed by atoms with van der Waals surface area (Å²) in [6, 6.07) is 9.69. The highest BCUT2D eigenvalue weighted by Gasteiger charge is 2.24. The predicted octanol–water partition coefficient (Wildman–Crippen LogP) is 3.01. The van der Waals surface area contributed by atoms with E-state index in [2.05, 4.69) is 58.5 Å². The Balaban J connectivity index is 1.60. The Kier molecular flexibility index (Phi) is 8.62. The average molecular weight is 402 g/mol. The second-order valence-corrected chi connectivity index (χ2v) is 8.20. The molecule has 2 heterocycles. The molecule has 2 saturated heterocycles. The quantitative estimate of drug-likeness (QED) is 0.492. The number of nitrogens with zero attached hydrogens (tertiary/aromatic N) is 3. The fourth-order valence-corrected chi connectivity index (χ4v) is 4.38. The summed E-state index contributed by atoms with van der Waals surface area (Å²) in [7, 11) is 1.77. The molecule has 0 aliphatic carbocycles. The van der Waals surface area contributed by atoms with Crippen LogP contribution in [0.3, 0.4) is 0 Å². The van der Waals surface area contributed by atoms with Gasteiger partial charge in [0, 0.05) is 45.0 Å². The van der Waals surface area contributed by atoms with Gasteiger partial charge >= 0.3 is 0 Å². The largest absolute Gasteiger partial charge is 0.383 e. The Bertz CT molecular complexity index is 644. The highest BCUT2D eigenvalue weighted by atomic mass is 16.5. The van der Waals surface area contributed by atoms with Gasteiger partial charge in [0.05, 0.1) is 19.2 Å². The Morgan fingerprint density at radius 1 is 1.24 bits per heavy atom. The molecule has 162 valence electrons. The van der Waals surface area contributed by atoms with Gasteiger partial charge in [-0.05, 0) is 63.8 Å². The minimum Gasteiger partial charge on any atom is -0.383 e. The minimum absolute atomic E-state index is 0.212.